The highest BCUT2D eigenvalue weighted by Crippen LogP contribution is 2.65. The quantitative estimate of drug-likeness (QED) is 0.482. The van der Waals surface area contributed by atoms with E-state index in [1.54, 1.807) is 0 Å². The van der Waals surface area contributed by atoms with Crippen molar-refractivity contribution in [3.05, 3.63) is 0 Å². The summed E-state index contributed by atoms with van der Waals surface area (Å²) in [5.41, 5.74) is 1.51. The average molecular weight is 138 g/mol. The Balaban J connectivity index is 2.15. The van der Waals surface area contributed by atoms with E-state index in [-0.39, 0.29) is 0 Å². The lowest BCUT2D eigenvalue weighted by Crippen LogP contribution is -2.51. The summed E-state index contributed by atoms with van der Waals surface area (Å²) in [6.45, 7) is 7.36. The van der Waals surface area contributed by atoms with Crippen LogP contribution in [0.4, 0.5) is 0 Å². The summed E-state index contributed by atoms with van der Waals surface area (Å²) in [5.74, 6) is 0.995. The summed E-state index contributed by atoms with van der Waals surface area (Å²) >= 11 is 0. The van der Waals surface area contributed by atoms with E-state index in [0.717, 1.165) is 16.7 Å². The summed E-state index contributed by atoms with van der Waals surface area (Å²) in [4.78, 5) is 0. The molecule has 1 atom stereocenters. The van der Waals surface area contributed by atoms with Gasteiger partial charge in [-0.2, -0.15) is 0 Å². The highest BCUT2D eigenvalue weighted by Gasteiger charge is 2.54. The Morgan fingerprint density at radius 1 is 1.20 bits per heavy atom. The summed E-state index contributed by atoms with van der Waals surface area (Å²) < 4.78 is 0. The first-order valence-corrected chi connectivity index (χ1v) is 4.54. The van der Waals surface area contributed by atoms with Gasteiger partial charge in [-0.05, 0) is 42.4 Å². The van der Waals surface area contributed by atoms with Crippen molar-refractivity contribution in [1.82, 2.24) is 0 Å². The number of hydrogen-bond donors (Lipinski definition) is 0. The minimum atomic E-state index is 0.743. The molecule has 2 bridgehead atoms. The van der Waals surface area contributed by atoms with Crippen LogP contribution in [-0.4, -0.2) is 0 Å². The van der Waals surface area contributed by atoms with Crippen molar-refractivity contribution in [2.45, 2.75) is 46.5 Å². The number of hydrogen-bond acceptors (Lipinski definition) is 0. The van der Waals surface area contributed by atoms with Crippen molar-refractivity contribution in [3.8, 4) is 0 Å². The Morgan fingerprint density at radius 2 is 1.80 bits per heavy atom. The minimum Gasteiger partial charge on any atom is -0.0620 e. The fourth-order valence-corrected chi connectivity index (χ4v) is 3.34. The fourth-order valence-electron chi connectivity index (χ4n) is 3.34. The third kappa shape index (κ3) is 0.681. The van der Waals surface area contributed by atoms with Gasteiger partial charge in [0.05, 0.1) is 0 Å². The van der Waals surface area contributed by atoms with Crippen molar-refractivity contribution in [1.29, 1.82) is 0 Å². The summed E-state index contributed by atoms with van der Waals surface area (Å²) in [7, 11) is 0. The molecule has 1 unspecified atom stereocenters. The molecule has 0 spiro atoms. The van der Waals surface area contributed by atoms with Crippen LogP contribution in [0.1, 0.15) is 46.5 Å². The first-order valence-electron chi connectivity index (χ1n) is 4.54. The molecule has 0 amide bonds. The van der Waals surface area contributed by atoms with E-state index in [4.69, 9.17) is 0 Å². The molecule has 0 aromatic carbocycles. The molecule has 0 heteroatoms. The SMILES string of the molecule is CC1CCC2(C)CC1(C)C2. The lowest BCUT2D eigenvalue weighted by atomic mass is 9.44. The van der Waals surface area contributed by atoms with E-state index in [1.165, 1.54) is 25.7 Å². The number of fused-ring (bicyclic) bond motifs is 2. The molecule has 0 radical (unpaired) electrons. The maximum atomic E-state index is 2.47. The lowest BCUT2D eigenvalue weighted by Gasteiger charge is -2.61. The molecule has 3 fully saturated rings. The Bertz CT molecular complexity index is 151. The van der Waals surface area contributed by atoms with Gasteiger partial charge < -0.3 is 0 Å². The third-order valence-corrected chi connectivity index (χ3v) is 4.03. The number of rotatable bonds is 0. The van der Waals surface area contributed by atoms with Gasteiger partial charge >= 0.3 is 0 Å². The molecule has 3 rings (SSSR count). The van der Waals surface area contributed by atoms with Crippen molar-refractivity contribution in [3.63, 3.8) is 0 Å². The zero-order valence-electron chi connectivity index (χ0n) is 7.41. The molecule has 0 heterocycles. The molecule has 10 heavy (non-hydrogen) atoms. The van der Waals surface area contributed by atoms with Crippen LogP contribution < -0.4 is 0 Å². The maximum Gasteiger partial charge on any atom is -0.0290 e. The fraction of sp³-hybridized carbons (Fsp3) is 1.00. The van der Waals surface area contributed by atoms with Crippen LogP contribution in [0.2, 0.25) is 0 Å². The summed E-state index contributed by atoms with van der Waals surface area (Å²) in [6, 6.07) is 0. The molecule has 3 saturated carbocycles. The van der Waals surface area contributed by atoms with Crippen LogP contribution >= 0.6 is 0 Å². The molecule has 0 N–H and O–H groups in total. The van der Waals surface area contributed by atoms with Crippen molar-refractivity contribution >= 4 is 0 Å². The van der Waals surface area contributed by atoms with E-state index in [9.17, 15) is 0 Å². The van der Waals surface area contributed by atoms with Gasteiger partial charge in [0.1, 0.15) is 0 Å². The highest BCUT2D eigenvalue weighted by atomic mass is 14.6. The van der Waals surface area contributed by atoms with E-state index in [2.05, 4.69) is 20.8 Å². The minimum absolute atomic E-state index is 0.743. The highest BCUT2D eigenvalue weighted by molar-refractivity contribution is 5.05. The van der Waals surface area contributed by atoms with Crippen LogP contribution in [0.5, 0.6) is 0 Å². The smallest absolute Gasteiger partial charge is 0.0290 e. The van der Waals surface area contributed by atoms with E-state index < -0.39 is 0 Å². The first-order chi connectivity index (χ1) is 4.54. The van der Waals surface area contributed by atoms with E-state index >= 15 is 0 Å². The van der Waals surface area contributed by atoms with Gasteiger partial charge in [-0.25, -0.2) is 0 Å². The van der Waals surface area contributed by atoms with Gasteiger partial charge in [0.2, 0.25) is 0 Å². The Hall–Kier alpha value is 0. The second-order valence-electron chi connectivity index (χ2n) is 5.26. The van der Waals surface area contributed by atoms with Gasteiger partial charge in [-0.1, -0.05) is 20.8 Å². The first kappa shape index (κ1) is 6.69. The Kier molecular flexibility index (Phi) is 1.07. The maximum absolute atomic E-state index is 2.47. The van der Waals surface area contributed by atoms with Crippen LogP contribution in [-0.2, 0) is 0 Å². The van der Waals surface area contributed by atoms with Crippen LogP contribution in [0.25, 0.3) is 0 Å². The van der Waals surface area contributed by atoms with Crippen molar-refractivity contribution in [2.75, 3.05) is 0 Å². The predicted molar refractivity (Wildman–Crippen MR) is 43.8 cm³/mol. The van der Waals surface area contributed by atoms with Gasteiger partial charge in [0, 0.05) is 0 Å². The van der Waals surface area contributed by atoms with Gasteiger partial charge in [-0.15, -0.1) is 0 Å². The molecule has 3 aliphatic carbocycles. The standard InChI is InChI=1S/C10H18/c1-8-4-5-9(2)6-10(8,3)7-9/h8H,4-7H2,1-3H3. The topological polar surface area (TPSA) is 0 Å². The molecular formula is C10H18. The summed E-state index contributed by atoms with van der Waals surface area (Å²) in [6.07, 6.45) is 5.97. The molecule has 58 valence electrons. The average Bonchev–Trinajstić information content (AvgIpc) is 1.76. The van der Waals surface area contributed by atoms with Crippen LogP contribution in [0.15, 0.2) is 0 Å². The largest absolute Gasteiger partial charge is 0.0620 e. The molecule has 0 nitrogen and oxygen atoms in total. The lowest BCUT2D eigenvalue weighted by molar-refractivity contribution is -0.107. The van der Waals surface area contributed by atoms with Gasteiger partial charge in [0.15, 0.2) is 0 Å². The van der Waals surface area contributed by atoms with Gasteiger partial charge in [-0.3, -0.25) is 0 Å². The second kappa shape index (κ2) is 1.60. The molecule has 0 aromatic heterocycles. The van der Waals surface area contributed by atoms with Gasteiger partial charge in [0.25, 0.3) is 0 Å². The van der Waals surface area contributed by atoms with Crippen LogP contribution in [0, 0.1) is 16.7 Å². The monoisotopic (exact) mass is 138 g/mol. The molecule has 0 saturated heterocycles. The normalized spacial score (nSPS) is 59.7. The van der Waals surface area contributed by atoms with Crippen molar-refractivity contribution < 1.29 is 0 Å². The summed E-state index contributed by atoms with van der Waals surface area (Å²) in [5, 5.41) is 0. The Morgan fingerprint density at radius 3 is 2.20 bits per heavy atom. The van der Waals surface area contributed by atoms with Crippen molar-refractivity contribution in [2.24, 2.45) is 16.7 Å². The third-order valence-electron chi connectivity index (χ3n) is 4.03. The zero-order valence-corrected chi connectivity index (χ0v) is 7.41. The van der Waals surface area contributed by atoms with E-state index in [1.807, 2.05) is 0 Å². The van der Waals surface area contributed by atoms with E-state index in [0.29, 0.717) is 0 Å². The molecular weight excluding hydrogens is 120 g/mol. The second-order valence-corrected chi connectivity index (χ2v) is 5.26. The molecule has 0 aliphatic heterocycles. The molecule has 3 aliphatic rings. The predicted octanol–water partition coefficient (Wildman–Crippen LogP) is 3.22. The zero-order chi connectivity index (χ0) is 7.41. The van der Waals surface area contributed by atoms with Crippen LogP contribution in [0.3, 0.4) is 0 Å². The molecule has 0 aromatic rings. The Labute approximate surface area is 64.0 Å².